The Morgan fingerprint density at radius 1 is 0.870 bits per heavy atom. The molecule has 0 aliphatic heterocycles. The summed E-state index contributed by atoms with van der Waals surface area (Å²) in [5.74, 6) is -1.16. The van der Waals surface area contributed by atoms with Crippen molar-refractivity contribution in [2.75, 3.05) is 20.2 Å². The molecule has 0 aromatic heterocycles. The van der Waals surface area contributed by atoms with Crippen LogP contribution in [0.15, 0.2) is 0 Å². The van der Waals surface area contributed by atoms with Gasteiger partial charge in [0, 0.05) is 18.8 Å². The topological polar surface area (TPSA) is 112 Å². The van der Waals surface area contributed by atoms with E-state index in [0.717, 1.165) is 25.7 Å². The van der Waals surface area contributed by atoms with Crippen LogP contribution in [-0.4, -0.2) is 37.7 Å². The first kappa shape index (κ1) is 21.7. The molecule has 23 heavy (non-hydrogen) atoms. The Labute approximate surface area is 139 Å². The van der Waals surface area contributed by atoms with Gasteiger partial charge < -0.3 is 21.0 Å². The zero-order valence-corrected chi connectivity index (χ0v) is 14.5. The summed E-state index contributed by atoms with van der Waals surface area (Å²) in [5.41, 5.74) is 10.9. The Balaban J connectivity index is 4.70. The molecule has 2 atom stereocenters. The SMILES string of the molecule is COC(=O)C(CCCCN)CC(=O)C(CCCCN)CC(C)=O. The first-order valence-electron chi connectivity index (χ1n) is 8.46. The van der Waals surface area contributed by atoms with Crippen LogP contribution in [0.4, 0.5) is 0 Å². The number of ketones is 2. The van der Waals surface area contributed by atoms with E-state index in [1.807, 2.05) is 0 Å². The van der Waals surface area contributed by atoms with Crippen LogP contribution < -0.4 is 11.5 Å². The van der Waals surface area contributed by atoms with Gasteiger partial charge in [0.2, 0.25) is 0 Å². The van der Waals surface area contributed by atoms with Crippen LogP contribution in [-0.2, 0) is 19.1 Å². The van der Waals surface area contributed by atoms with Gasteiger partial charge in [-0.3, -0.25) is 9.59 Å². The van der Waals surface area contributed by atoms with E-state index in [-0.39, 0.29) is 36.3 Å². The summed E-state index contributed by atoms with van der Waals surface area (Å²) in [6.45, 7) is 2.63. The van der Waals surface area contributed by atoms with Crippen molar-refractivity contribution in [1.82, 2.24) is 0 Å². The van der Waals surface area contributed by atoms with Gasteiger partial charge in [0.05, 0.1) is 13.0 Å². The fraction of sp³-hybridized carbons (Fsp3) is 0.824. The van der Waals surface area contributed by atoms with Crippen LogP contribution in [0.25, 0.3) is 0 Å². The molecule has 0 saturated carbocycles. The summed E-state index contributed by atoms with van der Waals surface area (Å²) >= 11 is 0. The summed E-state index contributed by atoms with van der Waals surface area (Å²) in [5, 5.41) is 0. The molecule has 6 heteroatoms. The highest BCUT2D eigenvalue weighted by atomic mass is 16.5. The van der Waals surface area contributed by atoms with Crippen molar-refractivity contribution in [1.29, 1.82) is 0 Å². The lowest BCUT2D eigenvalue weighted by Gasteiger charge is -2.18. The van der Waals surface area contributed by atoms with E-state index in [9.17, 15) is 14.4 Å². The van der Waals surface area contributed by atoms with E-state index in [1.54, 1.807) is 0 Å². The number of rotatable bonds is 14. The molecule has 0 heterocycles. The molecule has 6 nitrogen and oxygen atoms in total. The van der Waals surface area contributed by atoms with Gasteiger partial charge in [-0.05, 0) is 45.7 Å². The largest absolute Gasteiger partial charge is 0.469 e. The molecule has 0 aromatic rings. The highest BCUT2D eigenvalue weighted by Crippen LogP contribution is 2.22. The van der Waals surface area contributed by atoms with Crippen LogP contribution in [0, 0.1) is 11.8 Å². The highest BCUT2D eigenvalue weighted by Gasteiger charge is 2.27. The first-order valence-corrected chi connectivity index (χ1v) is 8.46. The van der Waals surface area contributed by atoms with Crippen molar-refractivity contribution >= 4 is 17.5 Å². The van der Waals surface area contributed by atoms with Crippen molar-refractivity contribution in [3.05, 3.63) is 0 Å². The molecule has 0 radical (unpaired) electrons. The number of hydrogen-bond donors (Lipinski definition) is 2. The number of methoxy groups -OCH3 is 1. The Kier molecular flexibility index (Phi) is 12.5. The third-order valence-electron chi connectivity index (χ3n) is 3.98. The van der Waals surface area contributed by atoms with Gasteiger partial charge >= 0.3 is 5.97 Å². The lowest BCUT2D eigenvalue weighted by molar-refractivity contribution is -0.148. The van der Waals surface area contributed by atoms with Crippen molar-refractivity contribution < 1.29 is 19.1 Å². The number of carbonyl (C=O) groups excluding carboxylic acids is 3. The molecule has 2 unspecified atom stereocenters. The highest BCUT2D eigenvalue weighted by molar-refractivity contribution is 5.89. The molecule has 0 saturated heterocycles. The Morgan fingerprint density at radius 3 is 1.83 bits per heavy atom. The van der Waals surface area contributed by atoms with Gasteiger partial charge in [-0.1, -0.05) is 12.8 Å². The summed E-state index contributed by atoms with van der Waals surface area (Å²) in [4.78, 5) is 35.8. The minimum atomic E-state index is -0.442. The number of esters is 1. The maximum absolute atomic E-state index is 12.5. The number of unbranched alkanes of at least 4 members (excludes halogenated alkanes) is 2. The van der Waals surface area contributed by atoms with Gasteiger partial charge in [0.25, 0.3) is 0 Å². The van der Waals surface area contributed by atoms with Gasteiger partial charge in [0.15, 0.2) is 0 Å². The van der Waals surface area contributed by atoms with E-state index in [0.29, 0.717) is 25.9 Å². The quantitative estimate of drug-likeness (QED) is 0.370. The minimum Gasteiger partial charge on any atom is -0.469 e. The Hall–Kier alpha value is -1.27. The third-order valence-corrected chi connectivity index (χ3v) is 3.98. The maximum Gasteiger partial charge on any atom is 0.309 e. The number of hydrogen-bond acceptors (Lipinski definition) is 6. The second-order valence-corrected chi connectivity index (χ2v) is 6.06. The molecule has 0 aromatic carbocycles. The van der Waals surface area contributed by atoms with E-state index in [4.69, 9.17) is 16.2 Å². The number of nitrogens with two attached hydrogens (primary N) is 2. The average Bonchev–Trinajstić information content (AvgIpc) is 2.52. The van der Waals surface area contributed by atoms with Crippen molar-refractivity contribution in [2.24, 2.45) is 23.3 Å². The smallest absolute Gasteiger partial charge is 0.309 e. The van der Waals surface area contributed by atoms with Gasteiger partial charge in [-0.25, -0.2) is 0 Å². The standard InChI is InChI=1S/C17H32N2O4/c1-13(20)11-14(7-3-5-9-18)16(21)12-15(17(22)23-2)8-4-6-10-19/h14-15H,3-12,18-19H2,1-2H3. The van der Waals surface area contributed by atoms with Gasteiger partial charge in [-0.2, -0.15) is 0 Å². The fourth-order valence-corrected chi connectivity index (χ4v) is 2.67. The lowest BCUT2D eigenvalue weighted by Crippen LogP contribution is -2.25. The van der Waals surface area contributed by atoms with Crippen molar-refractivity contribution in [2.45, 2.75) is 58.3 Å². The maximum atomic E-state index is 12.5. The second kappa shape index (κ2) is 13.2. The summed E-state index contributed by atoms with van der Waals surface area (Å²) in [6, 6.07) is 0. The van der Waals surface area contributed by atoms with Crippen LogP contribution in [0.3, 0.4) is 0 Å². The van der Waals surface area contributed by atoms with Crippen LogP contribution >= 0.6 is 0 Å². The van der Waals surface area contributed by atoms with Crippen LogP contribution in [0.5, 0.6) is 0 Å². The molecule has 4 N–H and O–H groups in total. The number of Topliss-reactive ketones (excluding diaryl/α,β-unsaturated/α-hetero) is 2. The fourth-order valence-electron chi connectivity index (χ4n) is 2.67. The zero-order chi connectivity index (χ0) is 17.7. The van der Waals surface area contributed by atoms with E-state index >= 15 is 0 Å². The number of carbonyl (C=O) groups is 3. The van der Waals surface area contributed by atoms with Crippen LogP contribution in [0.2, 0.25) is 0 Å². The van der Waals surface area contributed by atoms with Crippen LogP contribution in [0.1, 0.15) is 58.3 Å². The average molecular weight is 328 g/mol. The van der Waals surface area contributed by atoms with Gasteiger partial charge in [0.1, 0.15) is 11.6 Å². The lowest BCUT2D eigenvalue weighted by atomic mass is 9.86. The van der Waals surface area contributed by atoms with E-state index in [2.05, 4.69) is 0 Å². The molecule has 0 aliphatic carbocycles. The first-order chi connectivity index (χ1) is 11.0. The summed E-state index contributed by atoms with van der Waals surface area (Å²) in [6.07, 6.45) is 4.85. The summed E-state index contributed by atoms with van der Waals surface area (Å²) in [7, 11) is 1.33. The number of ether oxygens (including phenoxy) is 1. The third kappa shape index (κ3) is 10.2. The zero-order valence-electron chi connectivity index (χ0n) is 14.5. The molecule has 0 fully saturated rings. The molecule has 134 valence electrons. The normalized spacial score (nSPS) is 13.4. The molecule has 0 bridgehead atoms. The predicted octanol–water partition coefficient (Wildman–Crippen LogP) is 1.59. The van der Waals surface area contributed by atoms with Gasteiger partial charge in [-0.15, -0.1) is 0 Å². The predicted molar refractivity (Wildman–Crippen MR) is 89.7 cm³/mol. The Morgan fingerprint density at radius 2 is 1.39 bits per heavy atom. The van der Waals surface area contributed by atoms with Crippen molar-refractivity contribution in [3.63, 3.8) is 0 Å². The Bertz CT molecular complexity index is 372. The minimum absolute atomic E-state index is 0.00570. The molecule has 0 amide bonds. The molecule has 0 rings (SSSR count). The van der Waals surface area contributed by atoms with E-state index < -0.39 is 5.92 Å². The monoisotopic (exact) mass is 328 g/mol. The molecule has 0 aliphatic rings. The second-order valence-electron chi connectivity index (χ2n) is 6.06. The van der Waals surface area contributed by atoms with E-state index in [1.165, 1.54) is 14.0 Å². The molecule has 0 spiro atoms. The molecular formula is C17H32N2O4. The summed E-state index contributed by atoms with van der Waals surface area (Å²) < 4.78 is 4.80. The van der Waals surface area contributed by atoms with Crippen molar-refractivity contribution in [3.8, 4) is 0 Å². The molecular weight excluding hydrogens is 296 g/mol.